The number of benzene rings is 1. The van der Waals surface area contributed by atoms with E-state index in [9.17, 15) is 4.79 Å². The number of ether oxygens (including phenoxy) is 2. The summed E-state index contributed by atoms with van der Waals surface area (Å²) in [5.74, 6) is 0.531. The molecule has 2 aromatic rings. The van der Waals surface area contributed by atoms with E-state index in [4.69, 9.17) is 9.47 Å². The molecule has 3 rings (SSSR count). The van der Waals surface area contributed by atoms with Crippen LogP contribution in [0.15, 0.2) is 48.7 Å². The van der Waals surface area contributed by atoms with Crippen molar-refractivity contribution in [3.63, 3.8) is 0 Å². The summed E-state index contributed by atoms with van der Waals surface area (Å²) in [7, 11) is 0. The Hall–Kier alpha value is -2.40. The predicted molar refractivity (Wildman–Crippen MR) is 102 cm³/mol. The van der Waals surface area contributed by atoms with Crippen molar-refractivity contribution in [2.45, 2.75) is 38.7 Å². The molecule has 1 aliphatic heterocycles. The third kappa shape index (κ3) is 4.82. The van der Waals surface area contributed by atoms with Gasteiger partial charge >= 0.3 is 0 Å². The predicted octanol–water partition coefficient (Wildman–Crippen LogP) is 4.09. The first-order valence-corrected chi connectivity index (χ1v) is 9.35. The number of nitrogens with zero attached hydrogens (tertiary/aromatic N) is 2. The van der Waals surface area contributed by atoms with Crippen LogP contribution in [-0.4, -0.2) is 36.8 Å². The van der Waals surface area contributed by atoms with E-state index >= 15 is 0 Å². The second-order valence-electron chi connectivity index (χ2n) is 6.46. The molecule has 1 aromatic carbocycles. The smallest absolute Gasteiger partial charge is 0.259 e. The highest BCUT2D eigenvalue weighted by Gasteiger charge is 2.19. The lowest BCUT2D eigenvalue weighted by Gasteiger charge is -2.24. The van der Waals surface area contributed by atoms with Crippen molar-refractivity contribution in [3.8, 4) is 5.88 Å². The van der Waals surface area contributed by atoms with Gasteiger partial charge in [-0.25, -0.2) is 4.98 Å². The number of aromatic nitrogens is 1. The highest BCUT2D eigenvalue weighted by Crippen LogP contribution is 2.20. The first kappa shape index (κ1) is 18.4. The van der Waals surface area contributed by atoms with Crippen molar-refractivity contribution < 1.29 is 14.3 Å². The maximum Gasteiger partial charge on any atom is 0.259 e. The topological polar surface area (TPSA) is 51.7 Å². The number of para-hydroxylation sites is 1. The van der Waals surface area contributed by atoms with Gasteiger partial charge in [-0.15, -0.1) is 0 Å². The number of unbranched alkanes of at least 4 members (excludes halogenated alkanes) is 1. The maximum atomic E-state index is 13.0. The number of carbonyl (C=O) groups excluding carboxylic acids is 1. The van der Waals surface area contributed by atoms with Crippen LogP contribution >= 0.6 is 0 Å². The number of pyridine rings is 1. The van der Waals surface area contributed by atoms with E-state index in [1.807, 2.05) is 35.2 Å². The number of anilines is 1. The van der Waals surface area contributed by atoms with Crippen molar-refractivity contribution >= 4 is 11.6 Å². The Morgan fingerprint density at radius 1 is 1.19 bits per heavy atom. The summed E-state index contributed by atoms with van der Waals surface area (Å²) in [5.41, 5.74) is 1.48. The van der Waals surface area contributed by atoms with Gasteiger partial charge in [0.15, 0.2) is 0 Å². The molecule has 138 valence electrons. The SMILES string of the molecule is CCCCN(C(=O)c1ccc(OC2CCOCC2)nc1)c1ccccc1. The quantitative estimate of drug-likeness (QED) is 0.751. The van der Waals surface area contributed by atoms with E-state index in [2.05, 4.69) is 11.9 Å². The van der Waals surface area contributed by atoms with Crippen LogP contribution in [-0.2, 0) is 4.74 Å². The van der Waals surface area contributed by atoms with Crippen molar-refractivity contribution in [1.82, 2.24) is 4.98 Å². The fraction of sp³-hybridized carbons (Fsp3) is 0.429. The standard InChI is InChI=1S/C21H26N2O3/c1-2-3-13-23(18-7-5-4-6-8-18)21(24)17-9-10-20(22-16-17)26-19-11-14-25-15-12-19/h4-10,16,19H,2-3,11-15H2,1H3. The van der Waals surface area contributed by atoms with Crippen molar-refractivity contribution in [2.24, 2.45) is 0 Å². The van der Waals surface area contributed by atoms with Crippen LogP contribution in [0.3, 0.4) is 0 Å². The lowest BCUT2D eigenvalue weighted by Crippen LogP contribution is -2.32. The van der Waals surface area contributed by atoms with Crippen LogP contribution in [0.25, 0.3) is 0 Å². The van der Waals surface area contributed by atoms with Crippen LogP contribution < -0.4 is 9.64 Å². The minimum Gasteiger partial charge on any atom is -0.474 e. The lowest BCUT2D eigenvalue weighted by molar-refractivity contribution is 0.0237. The first-order chi connectivity index (χ1) is 12.8. The second-order valence-corrected chi connectivity index (χ2v) is 6.46. The van der Waals surface area contributed by atoms with Crippen LogP contribution in [0.4, 0.5) is 5.69 Å². The van der Waals surface area contributed by atoms with Gasteiger partial charge in [-0.3, -0.25) is 4.79 Å². The van der Waals surface area contributed by atoms with Crippen LogP contribution in [0.5, 0.6) is 5.88 Å². The van der Waals surface area contributed by atoms with Gasteiger partial charge in [0, 0.05) is 37.3 Å². The van der Waals surface area contributed by atoms with E-state index in [1.54, 1.807) is 18.3 Å². The molecule has 0 atom stereocenters. The van der Waals surface area contributed by atoms with Crippen LogP contribution in [0, 0.1) is 0 Å². The molecule has 0 spiro atoms. The van der Waals surface area contributed by atoms with E-state index in [1.165, 1.54) is 0 Å². The van der Waals surface area contributed by atoms with Crippen molar-refractivity contribution in [3.05, 3.63) is 54.2 Å². The molecule has 0 N–H and O–H groups in total. The Bertz CT molecular complexity index is 682. The summed E-state index contributed by atoms with van der Waals surface area (Å²) >= 11 is 0. The summed E-state index contributed by atoms with van der Waals surface area (Å²) in [6.07, 6.45) is 5.50. The Morgan fingerprint density at radius 2 is 1.96 bits per heavy atom. The van der Waals surface area contributed by atoms with Gasteiger partial charge in [0.1, 0.15) is 6.10 Å². The zero-order chi connectivity index (χ0) is 18.2. The molecule has 1 aromatic heterocycles. The van der Waals surface area contributed by atoms with Gasteiger partial charge in [0.2, 0.25) is 5.88 Å². The summed E-state index contributed by atoms with van der Waals surface area (Å²) in [5, 5.41) is 0. The third-order valence-corrected chi connectivity index (χ3v) is 4.49. The number of amides is 1. The fourth-order valence-corrected chi connectivity index (χ4v) is 2.97. The molecule has 2 heterocycles. The van der Waals surface area contributed by atoms with Gasteiger partial charge in [0.05, 0.1) is 18.8 Å². The number of hydrogen-bond donors (Lipinski definition) is 0. The average Bonchev–Trinajstić information content (AvgIpc) is 2.70. The van der Waals surface area contributed by atoms with Crippen LogP contribution in [0.1, 0.15) is 43.0 Å². The summed E-state index contributed by atoms with van der Waals surface area (Å²) < 4.78 is 11.2. The van der Waals surface area contributed by atoms with Gasteiger partial charge in [0.25, 0.3) is 5.91 Å². The number of hydrogen-bond acceptors (Lipinski definition) is 4. The summed E-state index contributed by atoms with van der Waals surface area (Å²) in [6.45, 7) is 4.27. The highest BCUT2D eigenvalue weighted by molar-refractivity contribution is 6.05. The molecule has 0 radical (unpaired) electrons. The Balaban J connectivity index is 1.70. The molecule has 0 saturated carbocycles. The molecule has 0 bridgehead atoms. The maximum absolute atomic E-state index is 13.0. The first-order valence-electron chi connectivity index (χ1n) is 9.35. The zero-order valence-electron chi connectivity index (χ0n) is 15.3. The molecule has 5 nitrogen and oxygen atoms in total. The highest BCUT2D eigenvalue weighted by atomic mass is 16.5. The Kier molecular flexibility index (Phi) is 6.61. The van der Waals surface area contributed by atoms with Crippen molar-refractivity contribution in [1.29, 1.82) is 0 Å². The third-order valence-electron chi connectivity index (χ3n) is 4.49. The largest absolute Gasteiger partial charge is 0.474 e. The normalized spacial score (nSPS) is 14.8. The molecular formula is C21H26N2O3. The summed E-state index contributed by atoms with van der Waals surface area (Å²) in [6, 6.07) is 13.4. The molecule has 0 aliphatic carbocycles. The van der Waals surface area contributed by atoms with E-state index in [0.717, 1.165) is 44.6 Å². The van der Waals surface area contributed by atoms with Gasteiger partial charge in [-0.05, 0) is 24.6 Å². The van der Waals surface area contributed by atoms with Gasteiger partial charge < -0.3 is 14.4 Å². The Labute approximate surface area is 155 Å². The number of carbonyl (C=O) groups is 1. The van der Waals surface area contributed by atoms with E-state index < -0.39 is 0 Å². The monoisotopic (exact) mass is 354 g/mol. The summed E-state index contributed by atoms with van der Waals surface area (Å²) in [4.78, 5) is 19.1. The fourth-order valence-electron chi connectivity index (χ4n) is 2.97. The number of rotatable bonds is 7. The van der Waals surface area contributed by atoms with E-state index in [0.29, 0.717) is 18.0 Å². The van der Waals surface area contributed by atoms with Crippen LogP contribution in [0.2, 0.25) is 0 Å². The lowest BCUT2D eigenvalue weighted by atomic mass is 10.1. The molecular weight excluding hydrogens is 328 g/mol. The molecule has 0 unspecified atom stereocenters. The Morgan fingerprint density at radius 3 is 2.62 bits per heavy atom. The van der Waals surface area contributed by atoms with Gasteiger partial charge in [-0.1, -0.05) is 31.5 Å². The molecule has 1 aliphatic rings. The molecule has 1 fully saturated rings. The molecule has 1 saturated heterocycles. The molecule has 1 amide bonds. The van der Waals surface area contributed by atoms with Crippen molar-refractivity contribution in [2.75, 3.05) is 24.7 Å². The minimum atomic E-state index is -0.0326. The molecule has 5 heteroatoms. The van der Waals surface area contributed by atoms with Gasteiger partial charge in [-0.2, -0.15) is 0 Å². The minimum absolute atomic E-state index is 0.0326. The zero-order valence-corrected chi connectivity index (χ0v) is 15.3. The second kappa shape index (κ2) is 9.34. The molecule has 26 heavy (non-hydrogen) atoms. The average molecular weight is 354 g/mol. The van der Waals surface area contributed by atoms with E-state index in [-0.39, 0.29) is 12.0 Å².